The van der Waals surface area contributed by atoms with Gasteiger partial charge in [0.1, 0.15) is 23.6 Å². The van der Waals surface area contributed by atoms with Crippen molar-refractivity contribution in [2.45, 2.75) is 77.2 Å². The fraction of sp³-hybridized carbons (Fsp3) is 0.619. The van der Waals surface area contributed by atoms with Crippen LogP contribution in [0.15, 0.2) is 24.3 Å². The standard InChI is InChI=1S/C21H30FNO5/c1-13-16(12-14-8-10-15(22)11-9-14)18(24)7-5-6-17(19(25)27-13)23-20(26)28-21(2,3)4/h8-11,13,16-18,24H,5-7,12H2,1-4H3,(H,23,26). The normalized spacial score (nSPS) is 26.4. The predicted octanol–water partition coefficient (Wildman–Crippen LogP) is 3.35. The summed E-state index contributed by atoms with van der Waals surface area (Å²) in [6.07, 6.45) is -0.0834. The van der Waals surface area contributed by atoms with Crippen molar-refractivity contribution in [3.05, 3.63) is 35.6 Å². The Morgan fingerprint density at radius 3 is 2.54 bits per heavy atom. The maximum absolute atomic E-state index is 13.1. The smallest absolute Gasteiger partial charge is 0.408 e. The summed E-state index contributed by atoms with van der Waals surface area (Å²) in [6.45, 7) is 6.96. The molecule has 156 valence electrons. The van der Waals surface area contributed by atoms with Gasteiger partial charge in [0, 0.05) is 5.92 Å². The molecule has 1 aliphatic rings. The van der Waals surface area contributed by atoms with Gasteiger partial charge in [0.2, 0.25) is 0 Å². The molecular weight excluding hydrogens is 365 g/mol. The molecule has 6 nitrogen and oxygen atoms in total. The molecule has 1 fully saturated rings. The number of rotatable bonds is 3. The minimum atomic E-state index is -0.825. The molecule has 0 spiro atoms. The Morgan fingerprint density at radius 1 is 1.29 bits per heavy atom. The van der Waals surface area contributed by atoms with Gasteiger partial charge in [-0.1, -0.05) is 12.1 Å². The van der Waals surface area contributed by atoms with Crippen LogP contribution in [-0.4, -0.2) is 41.0 Å². The first-order valence-electron chi connectivity index (χ1n) is 9.67. The topological polar surface area (TPSA) is 84.9 Å². The highest BCUT2D eigenvalue weighted by molar-refractivity contribution is 5.81. The summed E-state index contributed by atoms with van der Waals surface area (Å²) < 4.78 is 23.9. The molecule has 4 unspecified atom stereocenters. The highest BCUT2D eigenvalue weighted by Crippen LogP contribution is 2.25. The quantitative estimate of drug-likeness (QED) is 0.767. The average molecular weight is 395 g/mol. The van der Waals surface area contributed by atoms with Crippen LogP contribution in [0.3, 0.4) is 0 Å². The maximum Gasteiger partial charge on any atom is 0.408 e. The van der Waals surface area contributed by atoms with Crippen LogP contribution in [0.25, 0.3) is 0 Å². The molecule has 0 radical (unpaired) electrons. The zero-order valence-electron chi connectivity index (χ0n) is 16.9. The van der Waals surface area contributed by atoms with Gasteiger partial charge in [0.05, 0.1) is 6.10 Å². The number of aliphatic hydroxyl groups excluding tert-OH is 1. The molecule has 1 aromatic rings. The van der Waals surface area contributed by atoms with E-state index < -0.39 is 35.9 Å². The number of halogens is 1. The molecule has 4 atom stereocenters. The van der Waals surface area contributed by atoms with Crippen LogP contribution < -0.4 is 5.32 Å². The number of carbonyl (C=O) groups is 2. The molecule has 0 saturated carbocycles. The van der Waals surface area contributed by atoms with E-state index in [1.54, 1.807) is 39.8 Å². The largest absolute Gasteiger partial charge is 0.461 e. The van der Waals surface area contributed by atoms with E-state index in [-0.39, 0.29) is 11.7 Å². The third-order valence-corrected chi connectivity index (χ3v) is 4.75. The zero-order valence-corrected chi connectivity index (χ0v) is 16.9. The van der Waals surface area contributed by atoms with E-state index in [2.05, 4.69) is 5.32 Å². The molecule has 1 aromatic carbocycles. The van der Waals surface area contributed by atoms with Crippen molar-refractivity contribution in [2.75, 3.05) is 0 Å². The first kappa shape index (κ1) is 22.1. The fourth-order valence-electron chi connectivity index (χ4n) is 3.30. The number of alkyl carbamates (subject to hydrolysis) is 1. The molecule has 2 rings (SSSR count). The molecule has 0 bridgehead atoms. The first-order valence-corrected chi connectivity index (χ1v) is 9.67. The second kappa shape index (κ2) is 9.37. The number of amides is 1. The van der Waals surface area contributed by atoms with Crippen molar-refractivity contribution in [2.24, 2.45) is 5.92 Å². The summed E-state index contributed by atoms with van der Waals surface area (Å²) in [6, 6.07) is 5.24. The van der Waals surface area contributed by atoms with Gasteiger partial charge in [0.15, 0.2) is 0 Å². The van der Waals surface area contributed by atoms with Crippen LogP contribution in [-0.2, 0) is 20.7 Å². The monoisotopic (exact) mass is 395 g/mol. The van der Waals surface area contributed by atoms with Crippen LogP contribution in [0.2, 0.25) is 0 Å². The number of hydrogen-bond donors (Lipinski definition) is 2. The second-order valence-electron chi connectivity index (χ2n) is 8.33. The minimum Gasteiger partial charge on any atom is -0.461 e. The summed E-state index contributed by atoms with van der Waals surface area (Å²) in [4.78, 5) is 24.6. The van der Waals surface area contributed by atoms with E-state index in [1.807, 2.05) is 0 Å². The molecule has 28 heavy (non-hydrogen) atoms. The summed E-state index contributed by atoms with van der Waals surface area (Å²) in [5.41, 5.74) is 0.187. The van der Waals surface area contributed by atoms with E-state index in [9.17, 15) is 19.1 Å². The van der Waals surface area contributed by atoms with Gasteiger partial charge >= 0.3 is 12.1 Å². The Morgan fingerprint density at radius 2 is 1.93 bits per heavy atom. The number of carbonyl (C=O) groups excluding carboxylic acids is 2. The molecule has 7 heteroatoms. The third kappa shape index (κ3) is 6.78. The van der Waals surface area contributed by atoms with Gasteiger partial charge in [-0.25, -0.2) is 14.0 Å². The van der Waals surface area contributed by atoms with Crippen LogP contribution in [0, 0.1) is 11.7 Å². The summed E-state index contributed by atoms with van der Waals surface area (Å²) in [7, 11) is 0. The molecule has 2 N–H and O–H groups in total. The van der Waals surface area contributed by atoms with Crippen molar-refractivity contribution in [1.82, 2.24) is 5.32 Å². The fourth-order valence-corrected chi connectivity index (χ4v) is 3.30. The number of nitrogens with one attached hydrogen (secondary N) is 1. The molecule has 1 saturated heterocycles. The van der Waals surface area contributed by atoms with E-state index in [0.29, 0.717) is 25.7 Å². The molecule has 1 heterocycles. The summed E-state index contributed by atoms with van der Waals surface area (Å²) in [5.74, 6) is -1.19. The average Bonchev–Trinajstić information content (AvgIpc) is 2.61. The lowest BCUT2D eigenvalue weighted by Gasteiger charge is -2.28. The van der Waals surface area contributed by atoms with Crippen LogP contribution in [0.5, 0.6) is 0 Å². The summed E-state index contributed by atoms with van der Waals surface area (Å²) >= 11 is 0. The van der Waals surface area contributed by atoms with Gasteiger partial charge in [0.25, 0.3) is 0 Å². The van der Waals surface area contributed by atoms with E-state index >= 15 is 0 Å². The van der Waals surface area contributed by atoms with Crippen molar-refractivity contribution in [1.29, 1.82) is 0 Å². The van der Waals surface area contributed by atoms with Gasteiger partial charge in [-0.2, -0.15) is 0 Å². The number of cyclic esters (lactones) is 1. The summed E-state index contributed by atoms with van der Waals surface area (Å²) in [5, 5.41) is 13.2. The second-order valence-corrected chi connectivity index (χ2v) is 8.33. The van der Waals surface area contributed by atoms with E-state index in [1.165, 1.54) is 12.1 Å². The number of benzene rings is 1. The van der Waals surface area contributed by atoms with Gasteiger partial charge in [-0.15, -0.1) is 0 Å². The molecule has 1 aliphatic heterocycles. The SMILES string of the molecule is CC1OC(=O)C(NC(=O)OC(C)(C)C)CCCC(O)C1Cc1ccc(F)cc1. The highest BCUT2D eigenvalue weighted by atomic mass is 19.1. The van der Waals surface area contributed by atoms with Gasteiger partial charge in [-0.3, -0.25) is 0 Å². The zero-order chi connectivity index (χ0) is 20.9. The number of hydrogen-bond acceptors (Lipinski definition) is 5. The highest BCUT2D eigenvalue weighted by Gasteiger charge is 2.34. The third-order valence-electron chi connectivity index (χ3n) is 4.75. The maximum atomic E-state index is 13.1. The van der Waals surface area contributed by atoms with Crippen LogP contribution in [0.1, 0.15) is 52.5 Å². The van der Waals surface area contributed by atoms with Crippen molar-refractivity contribution in [3.8, 4) is 0 Å². The van der Waals surface area contributed by atoms with Crippen molar-refractivity contribution < 1.29 is 28.6 Å². The van der Waals surface area contributed by atoms with E-state index in [0.717, 1.165) is 5.56 Å². The number of ether oxygens (including phenoxy) is 2. The first-order chi connectivity index (χ1) is 13.0. The molecule has 0 aliphatic carbocycles. The lowest BCUT2D eigenvalue weighted by molar-refractivity contribution is -0.154. The Labute approximate surface area is 165 Å². The Balaban J connectivity index is 2.06. The minimum absolute atomic E-state index is 0.324. The van der Waals surface area contributed by atoms with Gasteiger partial charge in [-0.05, 0) is 71.1 Å². The molecule has 0 aromatic heterocycles. The number of aliphatic hydroxyl groups is 1. The van der Waals surface area contributed by atoms with Crippen LogP contribution in [0.4, 0.5) is 9.18 Å². The van der Waals surface area contributed by atoms with Crippen LogP contribution >= 0.6 is 0 Å². The Kier molecular flexibility index (Phi) is 7.41. The molecule has 1 amide bonds. The van der Waals surface area contributed by atoms with Crippen molar-refractivity contribution in [3.63, 3.8) is 0 Å². The number of esters is 1. The Hall–Kier alpha value is -2.15. The Bertz CT molecular complexity index is 670. The molecular formula is C21H30FNO5. The lowest BCUT2D eigenvalue weighted by atomic mass is 9.87. The van der Waals surface area contributed by atoms with Crippen molar-refractivity contribution >= 4 is 12.1 Å². The van der Waals surface area contributed by atoms with E-state index in [4.69, 9.17) is 9.47 Å². The predicted molar refractivity (Wildman–Crippen MR) is 102 cm³/mol. The van der Waals surface area contributed by atoms with Gasteiger partial charge < -0.3 is 19.9 Å². The lowest BCUT2D eigenvalue weighted by Crippen LogP contribution is -2.45.